The average molecular weight is 1000 g/mol. The number of carboxylic acids is 3. The topological polar surface area (TPSA) is 112 Å². The third-order valence-corrected chi connectivity index (χ3v) is 16.9. The van der Waals surface area contributed by atoms with Crippen LogP contribution in [0.5, 0.6) is 0 Å². The van der Waals surface area contributed by atoms with E-state index in [1.807, 2.05) is 0 Å². The van der Waals surface area contributed by atoms with Gasteiger partial charge in [0.1, 0.15) is 0 Å². The van der Waals surface area contributed by atoms with Crippen molar-refractivity contribution in [1.29, 1.82) is 0 Å². The SMILES string of the molecule is CC(C)(C)c1cc2c(CCC(=O)O)c(C(C)(C)C)cc3c2c(c1)c1c2c4cc(C(C)(C)C)c(CCC(=O)O)c5cc(C(C)(C)C)cc(c54)c2c2c4cc(C(C)(C)C)c(CCC(=O)O)c5cc(C(C)(C)C)cc(c54)c2c31. The Balaban J connectivity index is 1.66. The van der Waals surface area contributed by atoms with E-state index >= 15 is 0 Å². The van der Waals surface area contributed by atoms with Gasteiger partial charge in [-0.2, -0.15) is 0 Å². The average Bonchev–Trinajstić information content (AvgIpc) is 3.90. The molecule has 6 nitrogen and oxygen atoms in total. The van der Waals surface area contributed by atoms with Crippen LogP contribution in [-0.4, -0.2) is 33.2 Å². The zero-order valence-electron chi connectivity index (χ0n) is 48.0. The maximum Gasteiger partial charge on any atom is 0.303 e. The lowest BCUT2D eigenvalue weighted by molar-refractivity contribution is -0.138. The summed E-state index contributed by atoms with van der Waals surface area (Å²) in [5, 5.41) is 52.0. The van der Waals surface area contributed by atoms with Crippen LogP contribution in [0.25, 0.3) is 97.0 Å². The number of rotatable bonds is 9. The molecule has 6 heteroatoms. The molecule has 0 aliphatic heterocycles. The second-order valence-corrected chi connectivity index (χ2v) is 28.6. The Morgan fingerprint density at radius 1 is 0.280 bits per heavy atom. The molecular formula is C69H78O6. The number of aliphatic carboxylic acids is 3. The van der Waals surface area contributed by atoms with Gasteiger partial charge in [-0.3, -0.25) is 14.4 Å². The lowest BCUT2D eigenvalue weighted by Gasteiger charge is -2.26. The highest BCUT2D eigenvalue weighted by molar-refractivity contribution is 6.56. The molecule has 75 heavy (non-hydrogen) atoms. The molecule has 0 radical (unpaired) electrons. The van der Waals surface area contributed by atoms with Crippen LogP contribution < -0.4 is 0 Å². The minimum atomic E-state index is -0.816. The van der Waals surface area contributed by atoms with E-state index in [1.54, 1.807) is 0 Å². The zero-order valence-corrected chi connectivity index (χ0v) is 48.0. The summed E-state index contributed by atoms with van der Waals surface area (Å²) in [6.45, 7) is 40.7. The summed E-state index contributed by atoms with van der Waals surface area (Å²) >= 11 is 0. The first kappa shape index (κ1) is 52.2. The highest BCUT2D eigenvalue weighted by atomic mass is 16.4. The molecule has 0 saturated heterocycles. The molecule has 0 saturated carbocycles. The first-order valence-electron chi connectivity index (χ1n) is 27.4. The predicted molar refractivity (Wildman–Crippen MR) is 318 cm³/mol. The summed E-state index contributed by atoms with van der Waals surface area (Å²) in [5.74, 6) is -2.45. The van der Waals surface area contributed by atoms with Crippen molar-refractivity contribution in [2.24, 2.45) is 0 Å². The molecule has 0 bridgehead atoms. The van der Waals surface area contributed by atoms with Crippen molar-refractivity contribution in [3.8, 4) is 0 Å². The first-order valence-corrected chi connectivity index (χ1v) is 27.4. The van der Waals surface area contributed by atoms with Crippen molar-refractivity contribution in [2.75, 3.05) is 0 Å². The summed E-state index contributed by atoms with van der Waals surface area (Å²) in [7, 11) is 0. The second kappa shape index (κ2) is 16.6. The number of benzene rings is 7. The van der Waals surface area contributed by atoms with Crippen LogP contribution in [0.15, 0.2) is 54.6 Å². The Hall–Kier alpha value is -6.27. The van der Waals surface area contributed by atoms with Gasteiger partial charge in [0.25, 0.3) is 0 Å². The van der Waals surface area contributed by atoms with Crippen LogP contribution in [0.4, 0.5) is 0 Å². The molecule has 0 aromatic heterocycles. The van der Waals surface area contributed by atoms with Gasteiger partial charge in [0, 0.05) is 19.3 Å². The molecule has 0 spiro atoms. The molecule has 0 heterocycles. The van der Waals surface area contributed by atoms with Crippen LogP contribution in [0, 0.1) is 0 Å². The second-order valence-electron chi connectivity index (χ2n) is 28.6. The minimum Gasteiger partial charge on any atom is -0.481 e. The van der Waals surface area contributed by atoms with E-state index in [2.05, 4.69) is 179 Å². The van der Waals surface area contributed by atoms with E-state index in [0.29, 0.717) is 19.3 Å². The van der Waals surface area contributed by atoms with Crippen molar-refractivity contribution in [2.45, 2.75) is 196 Å². The summed E-state index contributed by atoms with van der Waals surface area (Å²) in [4.78, 5) is 37.7. The number of aryl methyl sites for hydroxylation is 3. The summed E-state index contributed by atoms with van der Waals surface area (Å²) in [5.41, 5.74) is 8.54. The number of carbonyl (C=O) groups is 3. The quantitative estimate of drug-likeness (QED) is 0.133. The lowest BCUT2D eigenvalue weighted by atomic mass is 9.78. The number of fused-ring (bicyclic) bond motifs is 12. The van der Waals surface area contributed by atoms with Gasteiger partial charge in [-0.1, -0.05) is 143 Å². The standard InChI is InChI=1S/C69H78O6/c1-64(2,3)34-25-40-37(19-22-52(70)71)49(67(10,11)12)31-46-55(40)43(28-34)58-61(46)59-45-30-36(66(7,8)9)27-42-39(21-24-54(74)75)51(69(16,17)18)33-48(57(42)45)63(59)60-44-29-35(65(4,5)6)26-41-38(20-23-53(72)73)50(68(13,14)15)32-47(56(41)44)62(58)60/h25-33H,19-24H2,1-18H3,(H,70,71)(H,72,73)(H,74,75). The number of hydrogen-bond acceptors (Lipinski definition) is 3. The fourth-order valence-corrected chi connectivity index (χ4v) is 13.2. The van der Waals surface area contributed by atoms with E-state index in [4.69, 9.17) is 0 Å². The predicted octanol–water partition coefficient (Wildman–Crippen LogP) is 18.2. The first-order chi connectivity index (χ1) is 34.5. The molecule has 0 aliphatic rings. The molecular weight excluding hydrogens is 925 g/mol. The van der Waals surface area contributed by atoms with E-state index in [1.165, 1.54) is 81.3 Å². The molecule has 10 aromatic carbocycles. The Kier molecular flexibility index (Phi) is 11.6. The fraction of sp³-hybridized carbons (Fsp3) is 0.435. The van der Waals surface area contributed by atoms with Gasteiger partial charge < -0.3 is 15.3 Å². The van der Waals surface area contributed by atoms with Crippen LogP contribution >= 0.6 is 0 Å². The monoisotopic (exact) mass is 1000 g/mol. The highest BCUT2D eigenvalue weighted by Gasteiger charge is 2.35. The van der Waals surface area contributed by atoms with E-state index in [-0.39, 0.29) is 51.8 Å². The van der Waals surface area contributed by atoms with Gasteiger partial charge in [-0.25, -0.2) is 0 Å². The van der Waals surface area contributed by atoms with Crippen molar-refractivity contribution >= 4 is 115 Å². The lowest BCUT2D eigenvalue weighted by Crippen LogP contribution is -2.16. The maximum atomic E-state index is 12.6. The van der Waals surface area contributed by atoms with Gasteiger partial charge in [0.2, 0.25) is 0 Å². The van der Waals surface area contributed by atoms with Gasteiger partial charge in [0.05, 0.1) is 0 Å². The van der Waals surface area contributed by atoms with Crippen molar-refractivity contribution < 1.29 is 29.7 Å². The molecule has 0 amide bonds. The van der Waals surface area contributed by atoms with Crippen LogP contribution in [0.2, 0.25) is 0 Å². The molecule has 390 valence electrons. The third kappa shape index (κ3) is 8.22. The molecule has 10 aromatic rings. The smallest absolute Gasteiger partial charge is 0.303 e. The number of hydrogen-bond donors (Lipinski definition) is 3. The number of carboxylic acid groups (broad SMARTS) is 3. The van der Waals surface area contributed by atoms with E-state index in [9.17, 15) is 29.7 Å². The molecule has 0 unspecified atom stereocenters. The summed E-state index contributed by atoms with van der Waals surface area (Å²) in [6, 6.07) is 21.7. The van der Waals surface area contributed by atoms with Gasteiger partial charge in [0.15, 0.2) is 0 Å². The van der Waals surface area contributed by atoms with Gasteiger partial charge in [-0.15, -0.1) is 0 Å². The third-order valence-electron chi connectivity index (χ3n) is 16.9. The van der Waals surface area contributed by atoms with Crippen LogP contribution in [0.3, 0.4) is 0 Å². The molecule has 0 atom stereocenters. The van der Waals surface area contributed by atoms with Crippen molar-refractivity contribution in [1.82, 2.24) is 0 Å². The Labute approximate surface area is 442 Å². The Bertz CT molecular complexity index is 3540. The Morgan fingerprint density at radius 2 is 0.467 bits per heavy atom. The molecule has 0 fully saturated rings. The molecule has 0 aliphatic carbocycles. The summed E-state index contributed by atoms with van der Waals surface area (Å²) < 4.78 is 0. The maximum absolute atomic E-state index is 12.6. The fourth-order valence-electron chi connectivity index (χ4n) is 13.2. The highest BCUT2D eigenvalue weighted by Crippen LogP contribution is 2.59. The van der Waals surface area contributed by atoms with E-state index in [0.717, 1.165) is 65.7 Å². The van der Waals surface area contributed by atoms with Crippen molar-refractivity contribution in [3.63, 3.8) is 0 Å². The van der Waals surface area contributed by atoms with E-state index < -0.39 is 17.9 Å². The minimum absolute atomic E-state index is 0.0186. The normalized spacial score (nSPS) is 13.8. The molecule has 10 rings (SSSR count). The van der Waals surface area contributed by atoms with Gasteiger partial charge in [-0.05, 0) is 235 Å². The van der Waals surface area contributed by atoms with Crippen LogP contribution in [0.1, 0.15) is 194 Å². The van der Waals surface area contributed by atoms with Crippen LogP contribution in [-0.2, 0) is 66.1 Å². The summed E-state index contributed by atoms with van der Waals surface area (Å²) in [6.07, 6.45) is 1.27. The van der Waals surface area contributed by atoms with Crippen molar-refractivity contribution in [3.05, 3.63) is 105 Å². The largest absolute Gasteiger partial charge is 0.481 e. The molecule has 3 N–H and O–H groups in total. The zero-order chi connectivity index (χ0) is 54.9. The Morgan fingerprint density at radius 3 is 0.640 bits per heavy atom. The van der Waals surface area contributed by atoms with Gasteiger partial charge >= 0.3 is 17.9 Å².